The van der Waals surface area contributed by atoms with E-state index >= 15 is 0 Å². The summed E-state index contributed by atoms with van der Waals surface area (Å²) in [5.41, 5.74) is 1.51. The molecule has 30 heavy (non-hydrogen) atoms. The number of aryl methyl sites for hydroxylation is 1. The van der Waals surface area contributed by atoms with Crippen molar-refractivity contribution in [2.45, 2.75) is 32.0 Å². The Morgan fingerprint density at radius 3 is 2.77 bits per heavy atom. The maximum absolute atomic E-state index is 12.4. The van der Waals surface area contributed by atoms with Gasteiger partial charge >= 0.3 is 0 Å². The smallest absolute Gasteiger partial charge is 0.236 e. The topological polar surface area (TPSA) is 111 Å². The Bertz CT molecular complexity index is 1030. The Labute approximate surface area is 182 Å². The number of hydrogen-bond acceptors (Lipinski definition) is 8. The first-order chi connectivity index (χ1) is 14.5. The van der Waals surface area contributed by atoms with Gasteiger partial charge in [0.25, 0.3) is 0 Å². The minimum absolute atomic E-state index is 0.0726. The van der Waals surface area contributed by atoms with Crippen LogP contribution in [-0.2, 0) is 22.6 Å². The highest BCUT2D eigenvalue weighted by molar-refractivity contribution is 7.99. The van der Waals surface area contributed by atoms with Crippen LogP contribution in [0.2, 0.25) is 0 Å². The van der Waals surface area contributed by atoms with E-state index in [1.54, 1.807) is 31.4 Å². The van der Waals surface area contributed by atoms with Gasteiger partial charge in [0.1, 0.15) is 11.6 Å². The Hall–Kier alpha value is -2.92. The molecule has 0 saturated carbocycles. The van der Waals surface area contributed by atoms with E-state index in [-0.39, 0.29) is 24.0 Å². The van der Waals surface area contributed by atoms with E-state index in [9.17, 15) is 9.59 Å². The molecule has 2 heterocycles. The lowest BCUT2D eigenvalue weighted by molar-refractivity contribution is -0.116. The molecule has 1 aromatic carbocycles. The summed E-state index contributed by atoms with van der Waals surface area (Å²) in [5.74, 6) is 0.995. The first-order valence-electron chi connectivity index (χ1n) is 9.19. The Morgan fingerprint density at radius 2 is 2.07 bits per heavy atom. The number of aromatic nitrogens is 4. The van der Waals surface area contributed by atoms with Crippen LogP contribution >= 0.6 is 23.1 Å². The van der Waals surface area contributed by atoms with Gasteiger partial charge in [-0.2, -0.15) is 0 Å². The van der Waals surface area contributed by atoms with Gasteiger partial charge in [-0.3, -0.25) is 9.59 Å². The molecule has 3 rings (SSSR count). The molecule has 11 heteroatoms. The second-order valence-electron chi connectivity index (χ2n) is 6.23. The summed E-state index contributed by atoms with van der Waals surface area (Å²) in [6.07, 6.45) is 0.0726. The molecule has 2 amide bonds. The van der Waals surface area contributed by atoms with Crippen molar-refractivity contribution in [3.63, 3.8) is 0 Å². The molecular weight excluding hydrogens is 424 g/mol. The third-order valence-electron chi connectivity index (χ3n) is 3.98. The van der Waals surface area contributed by atoms with Crippen LogP contribution in [0.1, 0.15) is 18.4 Å². The van der Waals surface area contributed by atoms with Gasteiger partial charge in [0.2, 0.25) is 11.8 Å². The number of rotatable bonds is 9. The molecule has 0 radical (unpaired) electrons. The summed E-state index contributed by atoms with van der Waals surface area (Å²) < 4.78 is 6.99. The monoisotopic (exact) mass is 446 g/mol. The minimum atomic E-state index is -0.209. The number of carbonyl (C=O) groups excluding carboxylic acids is 2. The van der Waals surface area contributed by atoms with Crippen LogP contribution in [0.4, 0.5) is 10.8 Å². The zero-order chi connectivity index (χ0) is 21.5. The lowest BCUT2D eigenvalue weighted by Crippen LogP contribution is -2.18. The lowest BCUT2D eigenvalue weighted by Gasteiger charge is -2.09. The first-order valence-corrected chi connectivity index (χ1v) is 11.1. The molecule has 0 saturated heterocycles. The molecule has 0 fully saturated rings. The van der Waals surface area contributed by atoms with Gasteiger partial charge in [-0.05, 0) is 26.0 Å². The number of nitrogens with one attached hydrogen (secondary N) is 2. The molecule has 2 aromatic heterocycles. The molecular formula is C19H22N6O3S2. The lowest BCUT2D eigenvalue weighted by atomic mass is 10.3. The standard InChI is InChI=1S/C19H22N6O3S2/c1-4-25-15(9-16(26)21-13-6-5-7-14(8-13)28-3)23-24-19(25)30-11-17(27)22-18-20-12(2)10-29-18/h5-8,10H,4,9,11H2,1-3H3,(H,21,26)(H,20,22,27). The molecule has 0 bridgehead atoms. The summed E-state index contributed by atoms with van der Waals surface area (Å²) in [6.45, 7) is 4.40. The second kappa shape index (κ2) is 10.2. The van der Waals surface area contributed by atoms with Gasteiger partial charge in [-0.25, -0.2) is 4.98 Å². The third kappa shape index (κ3) is 5.80. The van der Waals surface area contributed by atoms with Crippen molar-refractivity contribution in [1.29, 1.82) is 0 Å². The van der Waals surface area contributed by atoms with Crippen LogP contribution in [0.3, 0.4) is 0 Å². The van der Waals surface area contributed by atoms with Crippen molar-refractivity contribution < 1.29 is 14.3 Å². The van der Waals surface area contributed by atoms with E-state index in [0.717, 1.165) is 5.69 Å². The largest absolute Gasteiger partial charge is 0.497 e. The van der Waals surface area contributed by atoms with Crippen LogP contribution in [-0.4, -0.2) is 44.4 Å². The fraction of sp³-hybridized carbons (Fsp3) is 0.316. The number of thiazole rings is 1. The first kappa shape index (κ1) is 21.8. The number of methoxy groups -OCH3 is 1. The zero-order valence-corrected chi connectivity index (χ0v) is 18.5. The summed E-state index contributed by atoms with van der Waals surface area (Å²) in [4.78, 5) is 28.8. The van der Waals surface area contributed by atoms with Gasteiger partial charge < -0.3 is 19.9 Å². The van der Waals surface area contributed by atoms with E-state index in [2.05, 4.69) is 25.8 Å². The molecule has 0 aliphatic carbocycles. The average Bonchev–Trinajstić information content (AvgIpc) is 3.31. The number of ether oxygens (including phenoxy) is 1. The second-order valence-corrected chi connectivity index (χ2v) is 8.03. The molecule has 0 aliphatic heterocycles. The molecule has 9 nitrogen and oxygen atoms in total. The van der Waals surface area contributed by atoms with E-state index in [1.807, 2.05) is 23.8 Å². The van der Waals surface area contributed by atoms with Crippen LogP contribution in [0, 0.1) is 6.92 Å². The Kier molecular flexibility index (Phi) is 7.41. The average molecular weight is 447 g/mol. The number of nitrogens with zero attached hydrogens (tertiary/aromatic N) is 4. The summed E-state index contributed by atoms with van der Waals surface area (Å²) in [6, 6.07) is 7.13. The van der Waals surface area contributed by atoms with Crippen molar-refractivity contribution >= 4 is 45.7 Å². The molecule has 2 N–H and O–H groups in total. The molecule has 158 valence electrons. The quantitative estimate of drug-likeness (QED) is 0.486. The predicted octanol–water partition coefficient (Wildman–Crippen LogP) is 2.98. The van der Waals surface area contributed by atoms with Crippen LogP contribution < -0.4 is 15.4 Å². The van der Waals surface area contributed by atoms with Gasteiger partial charge in [0.15, 0.2) is 10.3 Å². The normalized spacial score (nSPS) is 10.6. The number of benzene rings is 1. The van der Waals surface area contributed by atoms with Crippen LogP contribution in [0.25, 0.3) is 0 Å². The van der Waals surface area contributed by atoms with Crippen LogP contribution in [0.5, 0.6) is 5.75 Å². The molecule has 3 aromatic rings. The van der Waals surface area contributed by atoms with Gasteiger partial charge in [0, 0.05) is 23.7 Å². The summed E-state index contributed by atoms with van der Waals surface area (Å²) in [7, 11) is 1.57. The molecule has 0 aliphatic rings. The van der Waals surface area contributed by atoms with E-state index in [4.69, 9.17) is 4.74 Å². The Morgan fingerprint density at radius 1 is 1.23 bits per heavy atom. The number of amides is 2. The van der Waals surface area contributed by atoms with E-state index in [0.29, 0.717) is 34.1 Å². The Balaban J connectivity index is 1.57. The highest BCUT2D eigenvalue weighted by atomic mass is 32.2. The molecule has 0 spiro atoms. The fourth-order valence-corrected chi connectivity index (χ4v) is 4.15. The van der Waals surface area contributed by atoms with Crippen molar-refractivity contribution in [1.82, 2.24) is 19.7 Å². The van der Waals surface area contributed by atoms with E-state index < -0.39 is 0 Å². The van der Waals surface area contributed by atoms with Crippen molar-refractivity contribution in [3.8, 4) is 5.75 Å². The molecule has 0 unspecified atom stereocenters. The number of carbonyl (C=O) groups is 2. The number of hydrogen-bond donors (Lipinski definition) is 2. The third-order valence-corrected chi connectivity index (χ3v) is 5.82. The van der Waals surface area contributed by atoms with Crippen molar-refractivity contribution in [2.24, 2.45) is 0 Å². The summed E-state index contributed by atoms with van der Waals surface area (Å²) in [5, 5.41) is 16.9. The van der Waals surface area contributed by atoms with Gasteiger partial charge in [-0.15, -0.1) is 21.5 Å². The zero-order valence-electron chi connectivity index (χ0n) is 16.8. The predicted molar refractivity (Wildman–Crippen MR) is 117 cm³/mol. The van der Waals surface area contributed by atoms with Gasteiger partial charge in [0.05, 0.1) is 25.0 Å². The fourth-order valence-electron chi connectivity index (χ4n) is 2.62. The highest BCUT2D eigenvalue weighted by Gasteiger charge is 2.16. The molecule has 0 atom stereocenters. The van der Waals surface area contributed by atoms with Crippen LogP contribution in [0.15, 0.2) is 34.8 Å². The maximum atomic E-state index is 12.4. The number of anilines is 2. The summed E-state index contributed by atoms with van der Waals surface area (Å²) >= 11 is 2.65. The number of thioether (sulfide) groups is 1. The highest BCUT2D eigenvalue weighted by Crippen LogP contribution is 2.20. The van der Waals surface area contributed by atoms with Gasteiger partial charge in [-0.1, -0.05) is 17.8 Å². The maximum Gasteiger partial charge on any atom is 0.236 e. The van der Waals surface area contributed by atoms with Crippen molar-refractivity contribution in [2.75, 3.05) is 23.5 Å². The minimum Gasteiger partial charge on any atom is -0.497 e. The SMILES string of the molecule is CCn1c(CC(=O)Nc2cccc(OC)c2)nnc1SCC(=O)Nc1nc(C)cs1. The van der Waals surface area contributed by atoms with E-state index in [1.165, 1.54) is 23.1 Å². The van der Waals surface area contributed by atoms with Crippen molar-refractivity contribution in [3.05, 3.63) is 41.2 Å².